The average Bonchev–Trinajstić information content (AvgIpc) is 2.49. The zero-order valence-electron chi connectivity index (χ0n) is 11.2. The molecule has 0 unspecified atom stereocenters. The van der Waals surface area contributed by atoms with E-state index in [1.165, 1.54) is 5.56 Å². The van der Waals surface area contributed by atoms with E-state index in [-0.39, 0.29) is 12.3 Å². The maximum atomic E-state index is 11.9. The summed E-state index contributed by atoms with van der Waals surface area (Å²) < 4.78 is 0. The zero-order chi connectivity index (χ0) is 15.2. The van der Waals surface area contributed by atoms with Gasteiger partial charge in [-0.2, -0.15) is 0 Å². The van der Waals surface area contributed by atoms with Gasteiger partial charge >= 0.3 is 0 Å². The SMILES string of the molecule is O=C(Cc1ccc(Cl)c(Cl)c1)NCc1ccc(CBr)cc1. The van der Waals surface area contributed by atoms with E-state index >= 15 is 0 Å². The highest BCUT2D eigenvalue weighted by Crippen LogP contribution is 2.22. The van der Waals surface area contributed by atoms with E-state index in [4.69, 9.17) is 23.2 Å². The lowest BCUT2D eigenvalue weighted by molar-refractivity contribution is -0.120. The Morgan fingerprint density at radius 1 is 0.952 bits per heavy atom. The number of alkyl halides is 1. The van der Waals surface area contributed by atoms with Crippen molar-refractivity contribution in [3.63, 3.8) is 0 Å². The van der Waals surface area contributed by atoms with Crippen LogP contribution in [0.25, 0.3) is 0 Å². The highest BCUT2D eigenvalue weighted by Gasteiger charge is 2.05. The number of carbonyl (C=O) groups excluding carboxylic acids is 1. The molecule has 0 bridgehead atoms. The molecular weight excluding hydrogens is 373 g/mol. The minimum absolute atomic E-state index is 0.0436. The van der Waals surface area contributed by atoms with Crippen LogP contribution in [0.2, 0.25) is 10.0 Å². The van der Waals surface area contributed by atoms with Crippen LogP contribution in [0.1, 0.15) is 16.7 Å². The summed E-state index contributed by atoms with van der Waals surface area (Å²) in [4.78, 5) is 11.9. The van der Waals surface area contributed by atoms with Crippen molar-refractivity contribution in [2.45, 2.75) is 18.3 Å². The Morgan fingerprint density at radius 3 is 2.19 bits per heavy atom. The number of carbonyl (C=O) groups is 1. The molecule has 0 radical (unpaired) electrons. The second-order valence-corrected chi connectivity index (χ2v) is 6.03. The molecule has 0 atom stereocenters. The molecule has 0 aliphatic rings. The van der Waals surface area contributed by atoms with Crippen molar-refractivity contribution in [3.8, 4) is 0 Å². The van der Waals surface area contributed by atoms with Crippen molar-refractivity contribution in [3.05, 3.63) is 69.2 Å². The molecule has 0 spiro atoms. The number of amides is 1. The van der Waals surface area contributed by atoms with Crippen molar-refractivity contribution in [2.24, 2.45) is 0 Å². The second-order valence-electron chi connectivity index (χ2n) is 4.65. The van der Waals surface area contributed by atoms with Crippen molar-refractivity contribution >= 4 is 45.0 Å². The van der Waals surface area contributed by atoms with Gasteiger partial charge in [-0.15, -0.1) is 0 Å². The van der Waals surface area contributed by atoms with Crippen LogP contribution in [0.5, 0.6) is 0 Å². The molecule has 21 heavy (non-hydrogen) atoms. The summed E-state index contributed by atoms with van der Waals surface area (Å²) in [5.74, 6) is -0.0436. The smallest absolute Gasteiger partial charge is 0.224 e. The van der Waals surface area contributed by atoms with E-state index in [0.717, 1.165) is 16.5 Å². The third kappa shape index (κ3) is 5.03. The van der Waals surface area contributed by atoms with E-state index < -0.39 is 0 Å². The number of hydrogen-bond donors (Lipinski definition) is 1. The Hall–Kier alpha value is -1.03. The van der Waals surface area contributed by atoms with Crippen LogP contribution in [0.3, 0.4) is 0 Å². The fourth-order valence-electron chi connectivity index (χ4n) is 1.84. The molecule has 2 nitrogen and oxygen atoms in total. The standard InChI is InChI=1S/C16H14BrCl2NO/c17-9-11-1-3-12(4-2-11)10-20-16(21)8-13-5-6-14(18)15(19)7-13/h1-7H,8-10H2,(H,20,21). The molecule has 1 amide bonds. The van der Waals surface area contributed by atoms with Gasteiger partial charge in [-0.05, 0) is 28.8 Å². The van der Waals surface area contributed by atoms with Crippen LogP contribution in [-0.4, -0.2) is 5.91 Å². The Morgan fingerprint density at radius 2 is 1.57 bits per heavy atom. The molecule has 0 aliphatic carbocycles. The molecule has 110 valence electrons. The van der Waals surface area contributed by atoms with Gasteiger partial charge in [0.1, 0.15) is 0 Å². The van der Waals surface area contributed by atoms with Gasteiger partial charge in [-0.3, -0.25) is 4.79 Å². The van der Waals surface area contributed by atoms with Gasteiger partial charge in [0.25, 0.3) is 0 Å². The van der Waals surface area contributed by atoms with Crippen LogP contribution in [0.4, 0.5) is 0 Å². The first-order chi connectivity index (χ1) is 10.1. The summed E-state index contributed by atoms with van der Waals surface area (Å²) in [6, 6.07) is 13.3. The quantitative estimate of drug-likeness (QED) is 0.738. The Bertz CT molecular complexity index is 629. The molecule has 0 saturated carbocycles. The van der Waals surface area contributed by atoms with E-state index in [9.17, 15) is 4.79 Å². The van der Waals surface area contributed by atoms with Gasteiger partial charge in [0.05, 0.1) is 16.5 Å². The maximum Gasteiger partial charge on any atom is 0.224 e. The Kier molecular flexibility index (Phi) is 6.09. The summed E-state index contributed by atoms with van der Waals surface area (Å²) in [6.45, 7) is 0.517. The minimum atomic E-state index is -0.0436. The minimum Gasteiger partial charge on any atom is -0.352 e. The van der Waals surface area contributed by atoms with E-state index in [2.05, 4.69) is 21.2 Å². The third-order valence-electron chi connectivity index (χ3n) is 3.02. The monoisotopic (exact) mass is 385 g/mol. The van der Waals surface area contributed by atoms with Gasteiger partial charge in [0, 0.05) is 11.9 Å². The summed E-state index contributed by atoms with van der Waals surface area (Å²) in [6.07, 6.45) is 0.288. The molecule has 0 aliphatic heterocycles. The number of rotatable bonds is 5. The molecular formula is C16H14BrCl2NO. The van der Waals surface area contributed by atoms with Gasteiger partial charge < -0.3 is 5.32 Å². The topological polar surface area (TPSA) is 29.1 Å². The first kappa shape index (κ1) is 16.3. The Labute approximate surface area is 142 Å². The lowest BCUT2D eigenvalue weighted by Crippen LogP contribution is -2.24. The van der Waals surface area contributed by atoms with Crippen molar-refractivity contribution in [1.82, 2.24) is 5.32 Å². The molecule has 5 heteroatoms. The zero-order valence-corrected chi connectivity index (χ0v) is 14.3. The van der Waals surface area contributed by atoms with Crippen LogP contribution in [-0.2, 0) is 23.1 Å². The van der Waals surface area contributed by atoms with Crippen molar-refractivity contribution < 1.29 is 4.79 Å². The lowest BCUT2D eigenvalue weighted by atomic mass is 10.1. The van der Waals surface area contributed by atoms with Crippen LogP contribution >= 0.6 is 39.1 Å². The first-order valence-corrected chi connectivity index (χ1v) is 8.30. The molecule has 2 aromatic rings. The van der Waals surface area contributed by atoms with Crippen LogP contribution < -0.4 is 5.32 Å². The maximum absolute atomic E-state index is 11.9. The first-order valence-electron chi connectivity index (χ1n) is 6.43. The lowest BCUT2D eigenvalue weighted by Gasteiger charge is -2.07. The van der Waals surface area contributed by atoms with Crippen molar-refractivity contribution in [1.29, 1.82) is 0 Å². The number of hydrogen-bond acceptors (Lipinski definition) is 1. The van der Waals surface area contributed by atoms with Crippen LogP contribution in [0, 0.1) is 0 Å². The Balaban J connectivity index is 1.87. The summed E-state index contributed by atoms with van der Waals surface area (Å²) in [5.41, 5.74) is 3.12. The fourth-order valence-corrected chi connectivity index (χ4v) is 2.54. The van der Waals surface area contributed by atoms with Gasteiger partial charge in [-0.1, -0.05) is 69.5 Å². The fraction of sp³-hybridized carbons (Fsp3) is 0.188. The van der Waals surface area contributed by atoms with E-state index in [1.54, 1.807) is 18.2 Å². The third-order valence-corrected chi connectivity index (χ3v) is 4.40. The van der Waals surface area contributed by atoms with Gasteiger partial charge in [0.15, 0.2) is 0 Å². The van der Waals surface area contributed by atoms with E-state index in [1.807, 2.05) is 24.3 Å². The number of halogens is 3. The summed E-state index contributed by atoms with van der Waals surface area (Å²) in [5, 5.41) is 4.68. The van der Waals surface area contributed by atoms with Gasteiger partial charge in [0.2, 0.25) is 5.91 Å². The highest BCUT2D eigenvalue weighted by atomic mass is 79.9. The molecule has 1 N–H and O–H groups in total. The molecule has 0 saturated heterocycles. The average molecular weight is 387 g/mol. The summed E-state index contributed by atoms with van der Waals surface area (Å²) in [7, 11) is 0. The van der Waals surface area contributed by atoms with E-state index in [0.29, 0.717) is 16.6 Å². The highest BCUT2D eigenvalue weighted by molar-refractivity contribution is 9.08. The molecule has 0 fully saturated rings. The number of nitrogens with one attached hydrogen (secondary N) is 1. The normalized spacial score (nSPS) is 10.4. The largest absolute Gasteiger partial charge is 0.352 e. The van der Waals surface area contributed by atoms with Crippen molar-refractivity contribution in [2.75, 3.05) is 0 Å². The van der Waals surface area contributed by atoms with Gasteiger partial charge in [-0.25, -0.2) is 0 Å². The number of benzene rings is 2. The van der Waals surface area contributed by atoms with Crippen LogP contribution in [0.15, 0.2) is 42.5 Å². The predicted octanol–water partition coefficient (Wildman–Crippen LogP) is 4.75. The second kappa shape index (κ2) is 7.83. The molecule has 0 aromatic heterocycles. The molecule has 0 heterocycles. The molecule has 2 aromatic carbocycles. The summed E-state index contributed by atoms with van der Waals surface area (Å²) >= 11 is 15.2. The predicted molar refractivity (Wildman–Crippen MR) is 91.1 cm³/mol. The molecule has 2 rings (SSSR count).